The summed E-state index contributed by atoms with van der Waals surface area (Å²) in [4.78, 5) is 24.1. The molecule has 29 heavy (non-hydrogen) atoms. The van der Waals surface area contributed by atoms with E-state index in [4.69, 9.17) is 4.74 Å². The van der Waals surface area contributed by atoms with Crippen LogP contribution in [0.15, 0.2) is 29.2 Å². The van der Waals surface area contributed by atoms with Crippen LogP contribution in [0.4, 0.5) is 4.39 Å². The van der Waals surface area contributed by atoms with Gasteiger partial charge in [0.1, 0.15) is 5.82 Å². The Morgan fingerprint density at radius 3 is 2.38 bits per heavy atom. The van der Waals surface area contributed by atoms with Crippen LogP contribution in [-0.4, -0.2) is 39.0 Å². The number of carbonyl (C=O) groups excluding carboxylic acids is 2. The van der Waals surface area contributed by atoms with E-state index in [1.807, 2.05) is 0 Å². The summed E-state index contributed by atoms with van der Waals surface area (Å²) in [5.74, 6) is -1.39. The minimum atomic E-state index is -3.76. The molecule has 1 aromatic rings. The van der Waals surface area contributed by atoms with Gasteiger partial charge in [0.05, 0.1) is 4.90 Å². The molecular formula is C20H29FN2O5S. The fourth-order valence-electron chi connectivity index (χ4n) is 3.19. The van der Waals surface area contributed by atoms with Crippen LogP contribution in [0.3, 0.4) is 0 Å². The molecule has 0 unspecified atom stereocenters. The maximum Gasteiger partial charge on any atom is 0.306 e. The summed E-state index contributed by atoms with van der Waals surface area (Å²) in [6.45, 7) is 1.55. The van der Waals surface area contributed by atoms with Gasteiger partial charge in [-0.05, 0) is 50.5 Å². The van der Waals surface area contributed by atoms with E-state index in [2.05, 4.69) is 10.0 Å². The van der Waals surface area contributed by atoms with E-state index in [1.54, 1.807) is 0 Å². The van der Waals surface area contributed by atoms with Crippen molar-refractivity contribution >= 4 is 21.9 Å². The third kappa shape index (κ3) is 8.10. The molecule has 1 amide bonds. The normalized spacial score (nSPS) is 16.6. The molecular weight excluding hydrogens is 399 g/mol. The molecule has 1 saturated carbocycles. The number of sulfonamides is 1. The van der Waals surface area contributed by atoms with Crippen molar-refractivity contribution in [3.8, 4) is 0 Å². The second-order valence-corrected chi connectivity index (χ2v) is 9.05. The second-order valence-electron chi connectivity index (χ2n) is 7.28. The Hall–Kier alpha value is -2.00. The highest BCUT2D eigenvalue weighted by Crippen LogP contribution is 2.17. The largest absolute Gasteiger partial charge is 0.453 e. The minimum absolute atomic E-state index is 0.0208. The Morgan fingerprint density at radius 1 is 1.14 bits per heavy atom. The molecule has 162 valence electrons. The van der Waals surface area contributed by atoms with Crippen LogP contribution in [0.1, 0.15) is 58.3 Å². The third-order valence-electron chi connectivity index (χ3n) is 4.85. The number of hydrogen-bond donors (Lipinski definition) is 2. The van der Waals surface area contributed by atoms with E-state index in [0.717, 1.165) is 37.8 Å². The molecule has 0 saturated heterocycles. The number of carbonyl (C=O) groups is 2. The van der Waals surface area contributed by atoms with Crippen LogP contribution in [0.5, 0.6) is 0 Å². The van der Waals surface area contributed by atoms with Crippen molar-refractivity contribution in [1.29, 1.82) is 0 Å². The fraction of sp³-hybridized carbons (Fsp3) is 0.600. The zero-order chi connectivity index (χ0) is 21.3. The topological polar surface area (TPSA) is 102 Å². The SMILES string of the molecule is C[C@@H](OC(=O)CCCNS(=O)(=O)c1ccc(F)cc1)C(=O)NC1CCCCCC1. The van der Waals surface area contributed by atoms with Crippen LogP contribution in [0.2, 0.25) is 0 Å². The Labute approximate surface area is 171 Å². The summed E-state index contributed by atoms with van der Waals surface area (Å²) in [7, 11) is -3.76. The van der Waals surface area contributed by atoms with Crippen LogP contribution in [-0.2, 0) is 24.3 Å². The molecule has 0 aliphatic heterocycles. The van der Waals surface area contributed by atoms with Crippen LogP contribution in [0, 0.1) is 5.82 Å². The Kier molecular flexibility index (Phi) is 9.03. The van der Waals surface area contributed by atoms with Gasteiger partial charge >= 0.3 is 5.97 Å². The molecule has 0 bridgehead atoms. The summed E-state index contributed by atoms with van der Waals surface area (Å²) in [5, 5.41) is 2.94. The average Bonchev–Trinajstić information content (AvgIpc) is 2.94. The number of amides is 1. The van der Waals surface area contributed by atoms with E-state index >= 15 is 0 Å². The second kappa shape index (κ2) is 11.3. The first kappa shape index (κ1) is 23.3. The number of esters is 1. The Morgan fingerprint density at radius 2 is 1.76 bits per heavy atom. The average molecular weight is 429 g/mol. The van der Waals surface area contributed by atoms with Gasteiger partial charge in [-0.1, -0.05) is 25.7 Å². The highest BCUT2D eigenvalue weighted by molar-refractivity contribution is 7.89. The van der Waals surface area contributed by atoms with E-state index in [1.165, 1.54) is 31.9 Å². The van der Waals surface area contributed by atoms with Gasteiger partial charge in [-0.2, -0.15) is 0 Å². The molecule has 7 nitrogen and oxygen atoms in total. The van der Waals surface area contributed by atoms with Crippen molar-refractivity contribution in [3.63, 3.8) is 0 Å². The highest BCUT2D eigenvalue weighted by Gasteiger charge is 2.22. The predicted molar refractivity (Wildman–Crippen MR) is 106 cm³/mol. The number of benzene rings is 1. The molecule has 1 aliphatic rings. The summed E-state index contributed by atoms with van der Waals surface area (Å²) < 4.78 is 44.5. The van der Waals surface area contributed by atoms with Gasteiger partial charge in [0.2, 0.25) is 10.0 Å². The summed E-state index contributed by atoms with van der Waals surface area (Å²) in [6, 6.07) is 4.59. The molecule has 0 aromatic heterocycles. The summed E-state index contributed by atoms with van der Waals surface area (Å²) >= 11 is 0. The van der Waals surface area contributed by atoms with Crippen molar-refractivity contribution in [2.45, 2.75) is 75.3 Å². The molecule has 2 N–H and O–H groups in total. The Bertz CT molecular complexity index is 775. The van der Waals surface area contributed by atoms with Crippen LogP contribution >= 0.6 is 0 Å². The minimum Gasteiger partial charge on any atom is -0.453 e. The van der Waals surface area contributed by atoms with Gasteiger partial charge in [0, 0.05) is 19.0 Å². The van der Waals surface area contributed by atoms with Crippen molar-refractivity contribution in [1.82, 2.24) is 10.0 Å². The highest BCUT2D eigenvalue weighted by atomic mass is 32.2. The molecule has 0 heterocycles. The van der Waals surface area contributed by atoms with E-state index in [9.17, 15) is 22.4 Å². The first-order valence-electron chi connectivity index (χ1n) is 10.0. The van der Waals surface area contributed by atoms with Gasteiger partial charge in [-0.3, -0.25) is 9.59 Å². The molecule has 1 aromatic carbocycles. The fourth-order valence-corrected chi connectivity index (χ4v) is 4.26. The van der Waals surface area contributed by atoms with Gasteiger partial charge < -0.3 is 10.1 Å². The molecule has 0 spiro atoms. The summed E-state index contributed by atoms with van der Waals surface area (Å²) in [5.41, 5.74) is 0. The maximum atomic E-state index is 12.9. The molecule has 0 radical (unpaired) electrons. The molecule has 1 atom stereocenters. The standard InChI is InChI=1S/C20H29FN2O5S/c1-15(20(25)23-17-7-4-2-3-5-8-17)28-19(24)9-6-14-22-29(26,27)18-12-10-16(21)11-13-18/h10-13,15,17,22H,2-9,14H2,1H3,(H,23,25)/t15-/m1/s1. The zero-order valence-corrected chi connectivity index (χ0v) is 17.5. The smallest absolute Gasteiger partial charge is 0.306 e. The lowest BCUT2D eigenvalue weighted by Gasteiger charge is -2.19. The number of rotatable bonds is 9. The molecule has 2 rings (SSSR count). The molecule has 9 heteroatoms. The van der Waals surface area contributed by atoms with Crippen molar-refractivity contribution in [2.24, 2.45) is 0 Å². The van der Waals surface area contributed by atoms with Gasteiger partial charge in [0.25, 0.3) is 5.91 Å². The maximum absolute atomic E-state index is 12.9. The molecule has 1 fully saturated rings. The monoisotopic (exact) mass is 428 g/mol. The lowest BCUT2D eigenvalue weighted by molar-refractivity contribution is -0.155. The predicted octanol–water partition coefficient (Wildman–Crippen LogP) is 2.65. The lowest BCUT2D eigenvalue weighted by atomic mass is 10.1. The van der Waals surface area contributed by atoms with Gasteiger partial charge in [0.15, 0.2) is 6.10 Å². The van der Waals surface area contributed by atoms with E-state index in [0.29, 0.717) is 0 Å². The quantitative estimate of drug-likeness (QED) is 0.358. The molecule has 1 aliphatic carbocycles. The number of ether oxygens (including phenoxy) is 1. The van der Waals surface area contributed by atoms with Crippen LogP contribution in [0.25, 0.3) is 0 Å². The van der Waals surface area contributed by atoms with Gasteiger partial charge in [-0.15, -0.1) is 0 Å². The van der Waals surface area contributed by atoms with Gasteiger partial charge in [-0.25, -0.2) is 17.5 Å². The van der Waals surface area contributed by atoms with E-state index < -0.39 is 27.9 Å². The van der Waals surface area contributed by atoms with Crippen LogP contribution < -0.4 is 10.0 Å². The first-order valence-corrected chi connectivity index (χ1v) is 11.5. The lowest BCUT2D eigenvalue weighted by Crippen LogP contribution is -2.41. The number of nitrogens with one attached hydrogen (secondary N) is 2. The van der Waals surface area contributed by atoms with E-state index in [-0.39, 0.29) is 36.2 Å². The Balaban J connectivity index is 1.68. The van der Waals surface area contributed by atoms with Crippen molar-refractivity contribution in [3.05, 3.63) is 30.1 Å². The van der Waals surface area contributed by atoms with Crippen molar-refractivity contribution < 1.29 is 27.1 Å². The summed E-state index contributed by atoms with van der Waals surface area (Å²) in [6.07, 6.45) is 5.75. The van der Waals surface area contributed by atoms with Crippen molar-refractivity contribution in [2.75, 3.05) is 6.54 Å². The number of hydrogen-bond acceptors (Lipinski definition) is 5. The third-order valence-corrected chi connectivity index (χ3v) is 6.33. The number of halogens is 1. The first-order chi connectivity index (χ1) is 13.8. The zero-order valence-electron chi connectivity index (χ0n) is 16.7.